The fourth-order valence-corrected chi connectivity index (χ4v) is 3.09. The minimum Gasteiger partial charge on any atom is -0.326 e. The Morgan fingerprint density at radius 1 is 1.42 bits per heavy atom. The SMILES string of the molecule is CCCC1(C(=O)Nc2ccc(SC)cc2)CCNC1. The van der Waals surface area contributed by atoms with Gasteiger partial charge < -0.3 is 10.6 Å². The smallest absolute Gasteiger partial charge is 0.231 e. The summed E-state index contributed by atoms with van der Waals surface area (Å²) in [4.78, 5) is 13.7. The van der Waals surface area contributed by atoms with Crippen LogP contribution in [-0.2, 0) is 4.79 Å². The number of benzene rings is 1. The standard InChI is InChI=1S/C15H22N2OS/c1-3-8-15(9-10-16-11-15)14(18)17-12-4-6-13(19-2)7-5-12/h4-7,16H,3,8-11H2,1-2H3,(H,17,18). The zero-order valence-corrected chi connectivity index (χ0v) is 12.5. The van der Waals surface area contributed by atoms with Crippen LogP contribution in [0.3, 0.4) is 0 Å². The summed E-state index contributed by atoms with van der Waals surface area (Å²) in [6, 6.07) is 8.04. The van der Waals surface area contributed by atoms with E-state index in [1.807, 2.05) is 30.5 Å². The van der Waals surface area contributed by atoms with E-state index in [4.69, 9.17) is 0 Å². The molecule has 1 atom stereocenters. The number of anilines is 1. The molecule has 0 spiro atoms. The molecule has 1 amide bonds. The molecule has 1 saturated heterocycles. The first-order valence-electron chi connectivity index (χ1n) is 6.86. The topological polar surface area (TPSA) is 41.1 Å². The second-order valence-electron chi connectivity index (χ2n) is 5.14. The van der Waals surface area contributed by atoms with Crippen molar-refractivity contribution in [3.8, 4) is 0 Å². The van der Waals surface area contributed by atoms with E-state index in [0.29, 0.717) is 0 Å². The van der Waals surface area contributed by atoms with E-state index in [2.05, 4.69) is 17.6 Å². The molecule has 1 aliphatic rings. The highest BCUT2D eigenvalue weighted by Crippen LogP contribution is 2.32. The molecular formula is C15H22N2OS. The molecule has 1 fully saturated rings. The second-order valence-corrected chi connectivity index (χ2v) is 6.02. The van der Waals surface area contributed by atoms with Gasteiger partial charge in [0.15, 0.2) is 0 Å². The van der Waals surface area contributed by atoms with Crippen molar-refractivity contribution in [3.63, 3.8) is 0 Å². The second kappa shape index (κ2) is 6.44. The molecule has 1 aliphatic heterocycles. The Labute approximate surface area is 119 Å². The van der Waals surface area contributed by atoms with E-state index in [1.54, 1.807) is 11.8 Å². The van der Waals surface area contributed by atoms with Gasteiger partial charge in [-0.15, -0.1) is 11.8 Å². The summed E-state index contributed by atoms with van der Waals surface area (Å²) in [5.41, 5.74) is 0.678. The van der Waals surface area contributed by atoms with E-state index in [0.717, 1.165) is 38.0 Å². The summed E-state index contributed by atoms with van der Waals surface area (Å²) >= 11 is 1.71. The minimum absolute atomic E-state index is 0.163. The predicted octanol–water partition coefficient (Wildman–Crippen LogP) is 3.13. The van der Waals surface area contributed by atoms with Crippen LogP contribution in [0.25, 0.3) is 0 Å². The summed E-state index contributed by atoms with van der Waals surface area (Å²) in [5, 5.41) is 6.39. The molecule has 104 valence electrons. The van der Waals surface area contributed by atoms with Gasteiger partial charge in [-0.3, -0.25) is 4.79 Å². The van der Waals surface area contributed by atoms with E-state index in [-0.39, 0.29) is 11.3 Å². The van der Waals surface area contributed by atoms with E-state index in [1.165, 1.54) is 4.90 Å². The first kappa shape index (κ1) is 14.4. The van der Waals surface area contributed by atoms with Gasteiger partial charge in [-0.2, -0.15) is 0 Å². The third-order valence-electron chi connectivity index (χ3n) is 3.80. The van der Waals surface area contributed by atoms with Crippen LogP contribution in [0.1, 0.15) is 26.2 Å². The Kier molecular flexibility index (Phi) is 4.88. The zero-order chi connectivity index (χ0) is 13.7. The van der Waals surface area contributed by atoms with Gasteiger partial charge in [0.2, 0.25) is 5.91 Å². The highest BCUT2D eigenvalue weighted by atomic mass is 32.2. The molecule has 0 aliphatic carbocycles. The van der Waals surface area contributed by atoms with Crippen LogP contribution in [0.15, 0.2) is 29.2 Å². The van der Waals surface area contributed by atoms with Gasteiger partial charge in [0.05, 0.1) is 5.41 Å². The minimum atomic E-state index is -0.215. The number of carbonyl (C=O) groups excluding carboxylic acids is 1. The Morgan fingerprint density at radius 3 is 2.68 bits per heavy atom. The summed E-state index contributed by atoms with van der Waals surface area (Å²) in [6.07, 6.45) is 4.98. The van der Waals surface area contributed by atoms with Crippen molar-refractivity contribution in [1.82, 2.24) is 5.32 Å². The summed E-state index contributed by atoms with van der Waals surface area (Å²) in [5.74, 6) is 0.163. The Balaban J connectivity index is 2.05. The third-order valence-corrected chi connectivity index (χ3v) is 4.55. The van der Waals surface area contributed by atoms with Gasteiger partial charge in [-0.25, -0.2) is 0 Å². The number of hydrogen-bond donors (Lipinski definition) is 2. The molecule has 3 nitrogen and oxygen atoms in total. The number of amides is 1. The summed E-state index contributed by atoms with van der Waals surface area (Å²) in [7, 11) is 0. The lowest BCUT2D eigenvalue weighted by atomic mass is 9.81. The Morgan fingerprint density at radius 2 is 2.16 bits per heavy atom. The molecule has 0 saturated carbocycles. The van der Waals surface area contributed by atoms with Crippen molar-refractivity contribution in [1.29, 1.82) is 0 Å². The predicted molar refractivity (Wildman–Crippen MR) is 81.7 cm³/mol. The lowest BCUT2D eigenvalue weighted by Gasteiger charge is -2.26. The maximum absolute atomic E-state index is 12.5. The summed E-state index contributed by atoms with van der Waals surface area (Å²) < 4.78 is 0. The first-order valence-corrected chi connectivity index (χ1v) is 8.09. The number of carbonyl (C=O) groups is 1. The van der Waals surface area contributed by atoms with Gasteiger partial charge in [0, 0.05) is 17.1 Å². The molecule has 4 heteroatoms. The van der Waals surface area contributed by atoms with E-state index < -0.39 is 0 Å². The molecular weight excluding hydrogens is 256 g/mol. The first-order chi connectivity index (χ1) is 9.20. The highest BCUT2D eigenvalue weighted by Gasteiger charge is 2.40. The third kappa shape index (κ3) is 3.31. The molecule has 1 aromatic carbocycles. The van der Waals surface area contributed by atoms with Crippen LogP contribution in [-0.4, -0.2) is 25.3 Å². The van der Waals surface area contributed by atoms with Crippen molar-refractivity contribution in [3.05, 3.63) is 24.3 Å². The molecule has 1 unspecified atom stereocenters. The van der Waals surface area contributed by atoms with Gasteiger partial charge in [0.25, 0.3) is 0 Å². The highest BCUT2D eigenvalue weighted by molar-refractivity contribution is 7.98. The largest absolute Gasteiger partial charge is 0.326 e. The molecule has 1 heterocycles. The van der Waals surface area contributed by atoms with Crippen molar-refractivity contribution in [2.45, 2.75) is 31.1 Å². The van der Waals surface area contributed by atoms with E-state index >= 15 is 0 Å². The van der Waals surface area contributed by atoms with Crippen molar-refractivity contribution >= 4 is 23.4 Å². The van der Waals surface area contributed by atoms with Crippen LogP contribution in [0.5, 0.6) is 0 Å². The Bertz CT molecular complexity index is 424. The average molecular weight is 278 g/mol. The van der Waals surface area contributed by atoms with Gasteiger partial charge >= 0.3 is 0 Å². The molecule has 19 heavy (non-hydrogen) atoms. The molecule has 2 N–H and O–H groups in total. The van der Waals surface area contributed by atoms with Crippen molar-refractivity contribution in [2.24, 2.45) is 5.41 Å². The van der Waals surface area contributed by atoms with Crippen molar-refractivity contribution < 1.29 is 4.79 Å². The van der Waals surface area contributed by atoms with Crippen molar-refractivity contribution in [2.75, 3.05) is 24.7 Å². The molecule has 0 aromatic heterocycles. The normalized spacial score (nSPS) is 22.4. The van der Waals surface area contributed by atoms with Crippen LogP contribution in [0.4, 0.5) is 5.69 Å². The van der Waals surface area contributed by atoms with Crippen LogP contribution in [0.2, 0.25) is 0 Å². The number of hydrogen-bond acceptors (Lipinski definition) is 3. The van der Waals surface area contributed by atoms with Gasteiger partial charge in [0.1, 0.15) is 0 Å². The average Bonchev–Trinajstić information content (AvgIpc) is 2.90. The Hall–Kier alpha value is -1.00. The fourth-order valence-electron chi connectivity index (χ4n) is 2.68. The van der Waals surface area contributed by atoms with E-state index in [9.17, 15) is 4.79 Å². The van der Waals surface area contributed by atoms with Gasteiger partial charge in [-0.05, 0) is 49.9 Å². The number of rotatable bonds is 5. The van der Waals surface area contributed by atoms with Crippen LogP contribution >= 0.6 is 11.8 Å². The zero-order valence-electron chi connectivity index (χ0n) is 11.7. The lowest BCUT2D eigenvalue weighted by molar-refractivity contribution is -0.125. The number of nitrogens with one attached hydrogen (secondary N) is 2. The van der Waals surface area contributed by atoms with Gasteiger partial charge in [-0.1, -0.05) is 13.3 Å². The van der Waals surface area contributed by atoms with Crippen LogP contribution in [0, 0.1) is 5.41 Å². The van der Waals surface area contributed by atoms with Crippen LogP contribution < -0.4 is 10.6 Å². The molecule has 1 aromatic rings. The quantitative estimate of drug-likeness (QED) is 0.813. The summed E-state index contributed by atoms with van der Waals surface area (Å²) in [6.45, 7) is 3.88. The molecule has 2 rings (SSSR count). The molecule has 0 radical (unpaired) electrons. The molecule has 0 bridgehead atoms. The number of thioether (sulfide) groups is 1. The maximum atomic E-state index is 12.5. The fraction of sp³-hybridized carbons (Fsp3) is 0.533. The monoisotopic (exact) mass is 278 g/mol. The lowest BCUT2D eigenvalue weighted by Crippen LogP contribution is -2.38. The maximum Gasteiger partial charge on any atom is 0.231 e.